The number of ether oxygens (including phenoxy) is 1. The van der Waals surface area contributed by atoms with Crippen LogP contribution < -0.4 is 20.7 Å². The van der Waals surface area contributed by atoms with Crippen molar-refractivity contribution in [2.75, 3.05) is 69.4 Å². The van der Waals surface area contributed by atoms with E-state index in [0.29, 0.717) is 11.9 Å². The van der Waals surface area contributed by atoms with Crippen LogP contribution in [0.5, 0.6) is 5.75 Å². The lowest BCUT2D eigenvalue weighted by molar-refractivity contribution is 0.0981. The molecule has 0 spiro atoms. The number of aliphatic hydroxyl groups is 1. The van der Waals surface area contributed by atoms with Gasteiger partial charge in [0.1, 0.15) is 11.6 Å². The van der Waals surface area contributed by atoms with Crippen LogP contribution in [0.15, 0.2) is 36.5 Å². The fourth-order valence-corrected chi connectivity index (χ4v) is 7.08. The Hall–Kier alpha value is -3.07. The van der Waals surface area contributed by atoms with Crippen molar-refractivity contribution < 1.29 is 9.84 Å². The number of hydrogen-bond donors (Lipinski definition) is 3. The topological polar surface area (TPSA) is 90.1 Å². The summed E-state index contributed by atoms with van der Waals surface area (Å²) in [5, 5.41) is 15.9. The van der Waals surface area contributed by atoms with Gasteiger partial charge in [0.05, 0.1) is 18.9 Å². The number of aliphatic hydroxyl groups excluding tert-OH is 1. The zero-order valence-electron chi connectivity index (χ0n) is 24.9. The van der Waals surface area contributed by atoms with E-state index in [4.69, 9.17) is 10.5 Å². The maximum atomic E-state index is 10.1. The first-order chi connectivity index (χ1) is 19.9. The van der Waals surface area contributed by atoms with Crippen LogP contribution in [-0.4, -0.2) is 91.5 Å². The molecule has 4 N–H and O–H groups in total. The molecule has 3 aliphatic rings. The summed E-state index contributed by atoms with van der Waals surface area (Å²) >= 11 is 0. The quantitative estimate of drug-likeness (QED) is 0.388. The predicted octanol–water partition coefficient (Wildman–Crippen LogP) is 4.60. The third-order valence-corrected chi connectivity index (χ3v) is 9.64. The second kappa shape index (κ2) is 12.0. The second-order valence-electron chi connectivity index (χ2n) is 12.2. The Kier molecular flexibility index (Phi) is 8.24. The molecule has 3 aromatic rings. The van der Waals surface area contributed by atoms with E-state index in [9.17, 15) is 5.11 Å². The van der Waals surface area contributed by atoms with Gasteiger partial charge in [-0.1, -0.05) is 13.0 Å². The number of fused-ring (bicyclic) bond motifs is 1. The fourth-order valence-electron chi connectivity index (χ4n) is 7.08. The van der Waals surface area contributed by atoms with E-state index in [1.165, 1.54) is 44.6 Å². The van der Waals surface area contributed by atoms with Gasteiger partial charge in [0, 0.05) is 74.2 Å². The first kappa shape index (κ1) is 28.1. The van der Waals surface area contributed by atoms with Crippen LogP contribution in [0.1, 0.15) is 44.6 Å². The van der Waals surface area contributed by atoms with Gasteiger partial charge in [0.15, 0.2) is 0 Å². The molecular formula is C33H46N6O2. The van der Waals surface area contributed by atoms with Crippen molar-refractivity contribution in [3.05, 3.63) is 42.1 Å². The maximum Gasteiger partial charge on any atom is 0.142 e. The van der Waals surface area contributed by atoms with Gasteiger partial charge in [-0.25, -0.2) is 4.98 Å². The molecule has 0 radical (unpaired) electrons. The molecule has 41 heavy (non-hydrogen) atoms. The van der Waals surface area contributed by atoms with Gasteiger partial charge < -0.3 is 30.7 Å². The normalized spacial score (nSPS) is 22.9. The monoisotopic (exact) mass is 558 g/mol. The van der Waals surface area contributed by atoms with Gasteiger partial charge in [-0.3, -0.25) is 4.90 Å². The number of anilines is 3. The van der Waals surface area contributed by atoms with E-state index < -0.39 is 0 Å². The molecule has 1 aliphatic carbocycles. The average molecular weight is 559 g/mol. The van der Waals surface area contributed by atoms with E-state index in [-0.39, 0.29) is 12.1 Å². The number of nitrogens with one attached hydrogen (secondary N) is 1. The Morgan fingerprint density at radius 3 is 2.46 bits per heavy atom. The molecule has 2 aliphatic heterocycles. The fraction of sp³-hybridized carbons (Fsp3) is 0.545. The Bertz CT molecular complexity index is 1360. The van der Waals surface area contributed by atoms with Gasteiger partial charge in [0.2, 0.25) is 0 Å². The molecule has 8 nitrogen and oxygen atoms in total. The van der Waals surface area contributed by atoms with E-state index in [2.05, 4.69) is 69.3 Å². The van der Waals surface area contributed by atoms with Crippen molar-refractivity contribution in [3.8, 4) is 16.9 Å². The van der Waals surface area contributed by atoms with Crippen molar-refractivity contribution in [2.24, 2.45) is 0 Å². The molecule has 2 unspecified atom stereocenters. The number of piperidine rings is 1. The molecule has 2 saturated heterocycles. The minimum absolute atomic E-state index is 0.211. The third kappa shape index (κ3) is 5.83. The average Bonchev–Trinajstić information content (AvgIpc) is 3.41. The lowest BCUT2D eigenvalue weighted by Crippen LogP contribution is -2.52. The summed E-state index contributed by atoms with van der Waals surface area (Å²) in [5.41, 5.74) is 12.0. The first-order valence-electron chi connectivity index (χ1n) is 15.4. The number of piperazine rings is 1. The van der Waals surface area contributed by atoms with Crippen LogP contribution >= 0.6 is 0 Å². The van der Waals surface area contributed by atoms with Crippen molar-refractivity contribution in [3.63, 3.8) is 0 Å². The number of aromatic nitrogens is 1. The van der Waals surface area contributed by atoms with Crippen molar-refractivity contribution >= 4 is 28.0 Å². The summed E-state index contributed by atoms with van der Waals surface area (Å²) in [6.07, 6.45) is 7.58. The van der Waals surface area contributed by atoms with Crippen molar-refractivity contribution in [1.29, 1.82) is 0 Å². The zero-order chi connectivity index (χ0) is 28.5. The van der Waals surface area contributed by atoms with Crippen molar-refractivity contribution in [2.45, 2.75) is 63.6 Å². The minimum Gasteiger partial charge on any atom is -0.495 e. The molecule has 8 heteroatoms. The molecule has 0 bridgehead atoms. The molecule has 1 saturated carbocycles. The number of methoxy groups -OCH3 is 1. The summed E-state index contributed by atoms with van der Waals surface area (Å²) in [6.45, 7) is 8.97. The van der Waals surface area contributed by atoms with Gasteiger partial charge in [-0.15, -0.1) is 0 Å². The summed E-state index contributed by atoms with van der Waals surface area (Å²) in [5.74, 6) is 1.45. The van der Waals surface area contributed by atoms with Gasteiger partial charge >= 0.3 is 0 Å². The number of benzene rings is 2. The molecule has 6 rings (SSSR count). The molecule has 2 aromatic carbocycles. The smallest absolute Gasteiger partial charge is 0.142 e. The lowest BCUT2D eigenvalue weighted by atomic mass is 9.96. The second-order valence-corrected chi connectivity index (χ2v) is 12.2. The van der Waals surface area contributed by atoms with Gasteiger partial charge in [0.25, 0.3) is 0 Å². The molecule has 0 amide bonds. The van der Waals surface area contributed by atoms with Crippen LogP contribution in [0.3, 0.4) is 0 Å². The zero-order valence-corrected chi connectivity index (χ0v) is 24.9. The number of likely N-dealkylation sites (N-methyl/N-ethyl adjacent to an activating group) is 1. The highest BCUT2D eigenvalue weighted by Gasteiger charge is 2.28. The van der Waals surface area contributed by atoms with Crippen LogP contribution in [0, 0.1) is 0 Å². The molecular weight excluding hydrogens is 512 g/mol. The van der Waals surface area contributed by atoms with Crippen LogP contribution in [0.25, 0.3) is 21.9 Å². The van der Waals surface area contributed by atoms with Gasteiger partial charge in [-0.2, -0.15) is 0 Å². The Balaban J connectivity index is 1.26. The number of pyridine rings is 1. The first-order valence-corrected chi connectivity index (χ1v) is 15.4. The minimum atomic E-state index is -0.211. The Morgan fingerprint density at radius 1 is 1.00 bits per heavy atom. The van der Waals surface area contributed by atoms with Crippen LogP contribution in [-0.2, 0) is 6.42 Å². The summed E-state index contributed by atoms with van der Waals surface area (Å²) < 4.78 is 5.97. The maximum absolute atomic E-state index is 10.1. The number of nitrogens with two attached hydrogens (primary N) is 1. The summed E-state index contributed by atoms with van der Waals surface area (Å²) in [4.78, 5) is 12.2. The lowest BCUT2D eigenvalue weighted by Gasteiger charge is -2.42. The van der Waals surface area contributed by atoms with Gasteiger partial charge in [-0.05, 0) is 86.4 Å². The molecule has 3 fully saturated rings. The number of rotatable bonds is 7. The van der Waals surface area contributed by atoms with E-state index in [0.717, 1.165) is 77.8 Å². The number of hydrogen-bond acceptors (Lipinski definition) is 8. The number of nitrogen functional groups attached to an aromatic ring is 1. The number of nitrogens with zero attached hydrogens (tertiary/aromatic N) is 4. The van der Waals surface area contributed by atoms with Crippen LogP contribution in [0.2, 0.25) is 0 Å². The standard InChI is InChI=1S/C33H46N6O2/c1-4-22-17-28-27(20-30(22)36-24-6-7-26(40)19-24)29(21-35-33(28)34)23-5-8-31(32(18-23)41-3)39-11-9-25(10-12-39)38-15-13-37(2)14-16-38/h5,8,17-18,20-21,24-26,36,40H,4,6-7,9-16,19H2,1-3H3,(H2,34,35). The number of aryl methyl sites for hydroxylation is 1. The largest absolute Gasteiger partial charge is 0.495 e. The Labute approximate surface area is 244 Å². The van der Waals surface area contributed by atoms with E-state index in [1.54, 1.807) is 7.11 Å². The molecule has 220 valence electrons. The highest BCUT2D eigenvalue weighted by molar-refractivity contribution is 6.03. The van der Waals surface area contributed by atoms with E-state index >= 15 is 0 Å². The van der Waals surface area contributed by atoms with Crippen LogP contribution in [0.4, 0.5) is 17.2 Å². The Morgan fingerprint density at radius 2 is 1.78 bits per heavy atom. The molecule has 1 aromatic heterocycles. The SMILES string of the molecule is CCc1cc2c(N)ncc(-c3ccc(N4CCC(N5CCN(C)CC5)CC4)c(OC)c3)c2cc1NC1CCC(O)C1. The third-order valence-electron chi connectivity index (χ3n) is 9.64. The summed E-state index contributed by atoms with van der Waals surface area (Å²) in [6, 6.07) is 12.0. The highest BCUT2D eigenvalue weighted by atomic mass is 16.5. The van der Waals surface area contributed by atoms with E-state index in [1.807, 2.05) is 6.20 Å². The van der Waals surface area contributed by atoms with Crippen molar-refractivity contribution in [1.82, 2.24) is 14.8 Å². The molecule has 3 heterocycles. The molecule has 2 atom stereocenters. The summed E-state index contributed by atoms with van der Waals surface area (Å²) in [7, 11) is 3.99. The predicted molar refractivity (Wildman–Crippen MR) is 169 cm³/mol. The highest BCUT2D eigenvalue weighted by Crippen LogP contribution is 2.40.